The van der Waals surface area contributed by atoms with E-state index >= 15 is 0 Å². The molecule has 0 bridgehead atoms. The summed E-state index contributed by atoms with van der Waals surface area (Å²) in [4.78, 5) is 12.6. The Morgan fingerprint density at radius 3 is 1.73 bits per heavy atom. The van der Waals surface area contributed by atoms with E-state index in [0.29, 0.717) is 5.56 Å². The number of aliphatic hydroxyl groups is 1. The van der Waals surface area contributed by atoms with Crippen LogP contribution in [-0.4, -0.2) is 11.1 Å². The third-order valence-electron chi connectivity index (χ3n) is 4.51. The van der Waals surface area contributed by atoms with Gasteiger partial charge in [-0.3, -0.25) is 4.79 Å². The number of hydrogen-bond acceptors (Lipinski definition) is 3. The molecule has 0 saturated carbocycles. The van der Waals surface area contributed by atoms with Crippen LogP contribution in [0.5, 0.6) is 0 Å². The number of esters is 1. The largest absolute Gasteiger partial charge is 0.449 e. The summed E-state index contributed by atoms with van der Waals surface area (Å²) in [7, 11) is 0. The van der Waals surface area contributed by atoms with Crippen molar-refractivity contribution in [2.45, 2.75) is 25.0 Å². The number of hydrogen-bond donors (Lipinski definition) is 1. The Kier molecular flexibility index (Phi) is 5.49. The Morgan fingerprint density at radius 2 is 1.27 bits per heavy atom. The summed E-state index contributed by atoms with van der Waals surface area (Å²) in [6.45, 7) is 1.88. The van der Waals surface area contributed by atoms with Gasteiger partial charge in [-0.2, -0.15) is 0 Å². The first-order valence-corrected chi connectivity index (χ1v) is 8.65. The van der Waals surface area contributed by atoms with Crippen molar-refractivity contribution in [1.29, 1.82) is 0 Å². The fraction of sp³-hybridized carbons (Fsp3) is 0.174. The molecule has 3 rings (SSSR count). The van der Waals surface area contributed by atoms with Gasteiger partial charge in [-0.25, -0.2) is 0 Å². The van der Waals surface area contributed by atoms with Crippen molar-refractivity contribution in [3.63, 3.8) is 0 Å². The lowest BCUT2D eigenvalue weighted by molar-refractivity contribution is -0.157. The van der Waals surface area contributed by atoms with Gasteiger partial charge in [0.25, 0.3) is 0 Å². The van der Waals surface area contributed by atoms with Crippen LogP contribution < -0.4 is 0 Å². The molecule has 0 aromatic heterocycles. The van der Waals surface area contributed by atoms with Crippen LogP contribution in [0.1, 0.15) is 36.1 Å². The molecule has 0 radical (unpaired) electrons. The van der Waals surface area contributed by atoms with E-state index in [1.54, 1.807) is 12.1 Å². The van der Waals surface area contributed by atoms with Crippen molar-refractivity contribution >= 4 is 5.97 Å². The molecule has 3 aromatic carbocycles. The van der Waals surface area contributed by atoms with Gasteiger partial charge < -0.3 is 9.84 Å². The van der Waals surface area contributed by atoms with Crippen LogP contribution in [0.2, 0.25) is 0 Å². The zero-order chi connectivity index (χ0) is 18.4. The minimum atomic E-state index is -0.921. The second kappa shape index (κ2) is 7.98. The van der Waals surface area contributed by atoms with Crippen LogP contribution in [0.25, 0.3) is 0 Å². The summed E-state index contributed by atoms with van der Waals surface area (Å²) in [5.41, 5.74) is 1.55. The van der Waals surface area contributed by atoms with Crippen molar-refractivity contribution in [2.24, 2.45) is 0 Å². The van der Waals surface area contributed by atoms with Crippen LogP contribution in [-0.2, 0) is 15.1 Å². The normalized spacial score (nSPS) is 12.4. The molecule has 1 N–H and O–H groups in total. The van der Waals surface area contributed by atoms with E-state index < -0.39 is 17.7 Å². The van der Waals surface area contributed by atoms with Gasteiger partial charge in [-0.05, 0) is 23.6 Å². The summed E-state index contributed by atoms with van der Waals surface area (Å²) in [6.07, 6.45) is -0.987. The maximum atomic E-state index is 12.6. The molecule has 0 amide bonds. The number of carbonyl (C=O) groups is 1. The molecule has 3 nitrogen and oxygen atoms in total. The van der Waals surface area contributed by atoms with Gasteiger partial charge in [0, 0.05) is 0 Å². The Balaban J connectivity index is 1.83. The smallest absolute Gasteiger partial charge is 0.309 e. The summed E-state index contributed by atoms with van der Waals surface area (Å²) in [5, 5.41) is 10.3. The van der Waals surface area contributed by atoms with E-state index in [-0.39, 0.29) is 6.42 Å². The number of benzene rings is 3. The first-order chi connectivity index (χ1) is 12.6. The van der Waals surface area contributed by atoms with E-state index in [1.807, 2.05) is 85.8 Å². The van der Waals surface area contributed by atoms with E-state index in [4.69, 9.17) is 4.74 Å². The number of ether oxygens (including phenoxy) is 1. The number of rotatable bonds is 6. The fourth-order valence-electron chi connectivity index (χ4n) is 3.02. The van der Waals surface area contributed by atoms with Gasteiger partial charge in [-0.1, -0.05) is 91.0 Å². The molecule has 0 saturated heterocycles. The maximum Gasteiger partial charge on any atom is 0.309 e. The van der Waals surface area contributed by atoms with Crippen molar-refractivity contribution in [2.75, 3.05) is 0 Å². The van der Waals surface area contributed by atoms with Crippen LogP contribution >= 0.6 is 0 Å². The third-order valence-corrected chi connectivity index (χ3v) is 4.51. The second-order valence-electron chi connectivity index (χ2n) is 6.37. The topological polar surface area (TPSA) is 46.5 Å². The van der Waals surface area contributed by atoms with E-state index in [9.17, 15) is 9.90 Å². The average molecular weight is 346 g/mol. The minimum absolute atomic E-state index is 0.0979. The lowest BCUT2D eigenvalue weighted by Crippen LogP contribution is -2.31. The summed E-state index contributed by atoms with van der Waals surface area (Å²) >= 11 is 0. The maximum absolute atomic E-state index is 12.6. The van der Waals surface area contributed by atoms with Crippen molar-refractivity contribution < 1.29 is 14.6 Å². The average Bonchev–Trinajstić information content (AvgIpc) is 2.70. The SMILES string of the molecule is CC(OC(=O)C[C@H](O)c1ccccc1)(c1ccccc1)c1ccccc1. The molecular formula is C23H22O3. The highest BCUT2D eigenvalue weighted by atomic mass is 16.6. The Hall–Kier alpha value is -2.91. The van der Waals surface area contributed by atoms with E-state index in [0.717, 1.165) is 11.1 Å². The first kappa shape index (κ1) is 17.9. The van der Waals surface area contributed by atoms with Crippen LogP contribution in [0.15, 0.2) is 91.0 Å². The van der Waals surface area contributed by atoms with Gasteiger partial charge in [0.1, 0.15) is 0 Å². The van der Waals surface area contributed by atoms with Gasteiger partial charge in [0.2, 0.25) is 0 Å². The summed E-state index contributed by atoms with van der Waals surface area (Å²) in [5.74, 6) is -0.448. The van der Waals surface area contributed by atoms with Gasteiger partial charge in [0.15, 0.2) is 5.60 Å². The molecule has 0 heterocycles. The van der Waals surface area contributed by atoms with Crippen molar-refractivity contribution in [3.8, 4) is 0 Å². The van der Waals surface area contributed by atoms with Crippen molar-refractivity contribution in [1.82, 2.24) is 0 Å². The molecule has 0 aliphatic carbocycles. The lowest BCUT2D eigenvalue weighted by atomic mass is 9.88. The highest BCUT2D eigenvalue weighted by molar-refractivity contribution is 5.71. The first-order valence-electron chi connectivity index (χ1n) is 8.65. The standard InChI is InChI=1S/C23H22O3/c1-23(19-13-7-3-8-14-19,20-15-9-4-10-16-20)26-22(25)17-21(24)18-11-5-2-6-12-18/h2-16,21,24H,17H2,1H3/t21-/m0/s1. The Bertz CT molecular complexity index is 790. The molecule has 0 aliphatic rings. The molecule has 0 fully saturated rings. The fourth-order valence-corrected chi connectivity index (χ4v) is 3.02. The zero-order valence-electron chi connectivity index (χ0n) is 14.7. The quantitative estimate of drug-likeness (QED) is 0.663. The molecule has 0 unspecified atom stereocenters. The van der Waals surface area contributed by atoms with Crippen molar-refractivity contribution in [3.05, 3.63) is 108 Å². The molecule has 3 heteroatoms. The minimum Gasteiger partial charge on any atom is -0.449 e. The highest BCUT2D eigenvalue weighted by Crippen LogP contribution is 2.34. The molecule has 1 atom stereocenters. The van der Waals surface area contributed by atoms with Gasteiger partial charge in [-0.15, -0.1) is 0 Å². The number of carbonyl (C=O) groups excluding carboxylic acids is 1. The second-order valence-corrected chi connectivity index (χ2v) is 6.37. The van der Waals surface area contributed by atoms with Crippen LogP contribution in [0, 0.1) is 0 Å². The van der Waals surface area contributed by atoms with Crippen LogP contribution in [0.4, 0.5) is 0 Å². The predicted molar refractivity (Wildman–Crippen MR) is 101 cm³/mol. The van der Waals surface area contributed by atoms with E-state index in [1.165, 1.54) is 0 Å². The third kappa shape index (κ3) is 4.01. The summed E-state index contributed by atoms with van der Waals surface area (Å²) < 4.78 is 5.90. The highest BCUT2D eigenvalue weighted by Gasteiger charge is 2.33. The molecule has 132 valence electrons. The predicted octanol–water partition coefficient (Wildman–Crippen LogP) is 4.62. The van der Waals surface area contributed by atoms with E-state index in [2.05, 4.69) is 0 Å². The molecule has 0 aliphatic heterocycles. The monoisotopic (exact) mass is 346 g/mol. The lowest BCUT2D eigenvalue weighted by Gasteiger charge is -2.31. The van der Waals surface area contributed by atoms with Gasteiger partial charge >= 0.3 is 5.97 Å². The van der Waals surface area contributed by atoms with Gasteiger partial charge in [0.05, 0.1) is 12.5 Å². The zero-order valence-corrected chi connectivity index (χ0v) is 14.7. The Morgan fingerprint density at radius 1 is 0.846 bits per heavy atom. The van der Waals surface area contributed by atoms with Crippen LogP contribution in [0.3, 0.4) is 0 Å². The molecule has 3 aromatic rings. The number of aliphatic hydroxyl groups excluding tert-OH is 1. The Labute approximate surface area is 153 Å². The summed E-state index contributed by atoms with van der Waals surface area (Å²) in [6, 6.07) is 28.4. The molecule has 0 spiro atoms. The molecule has 26 heavy (non-hydrogen) atoms. The molecular weight excluding hydrogens is 324 g/mol.